The fourth-order valence-corrected chi connectivity index (χ4v) is 5.20. The molecule has 0 bridgehead atoms. The average molecular weight is 616 g/mol. The summed E-state index contributed by atoms with van der Waals surface area (Å²) in [7, 11) is 1.48. The molecule has 4 rings (SSSR count). The highest BCUT2D eigenvalue weighted by Gasteiger charge is 2.44. The number of hydrogen-bond acceptors (Lipinski definition) is 7. The van der Waals surface area contributed by atoms with Crippen molar-refractivity contribution in [1.82, 2.24) is 10.2 Å². The van der Waals surface area contributed by atoms with Crippen molar-refractivity contribution in [3.8, 4) is 5.75 Å². The van der Waals surface area contributed by atoms with E-state index in [0.717, 1.165) is 10.5 Å². The molecule has 0 saturated carbocycles. The van der Waals surface area contributed by atoms with E-state index in [9.17, 15) is 19.5 Å². The van der Waals surface area contributed by atoms with Gasteiger partial charge in [-0.15, -0.1) is 0 Å². The molecule has 0 radical (unpaired) electrons. The number of carbonyl (C=O) groups is 3. The van der Waals surface area contributed by atoms with E-state index in [0.29, 0.717) is 28.3 Å². The topological polar surface area (TPSA) is 114 Å². The molecule has 11 heteroatoms. The summed E-state index contributed by atoms with van der Waals surface area (Å²) >= 11 is 12.1. The Morgan fingerprint density at radius 3 is 2.50 bits per heavy atom. The largest absolute Gasteiger partial charge is 0.496 e. The first kappa shape index (κ1) is 31.3. The molecule has 0 aromatic heterocycles. The molecule has 0 unspecified atom stereocenters. The Morgan fingerprint density at radius 2 is 1.83 bits per heavy atom. The molecule has 3 aromatic carbocycles. The maximum atomic E-state index is 13.8. The number of aliphatic hydroxyl groups is 1. The van der Waals surface area contributed by atoms with Crippen molar-refractivity contribution >= 4 is 41.1 Å². The summed E-state index contributed by atoms with van der Waals surface area (Å²) < 4.78 is 16.6. The van der Waals surface area contributed by atoms with Gasteiger partial charge in [-0.3, -0.25) is 9.59 Å². The molecule has 1 heterocycles. The zero-order chi connectivity index (χ0) is 30.4. The van der Waals surface area contributed by atoms with Crippen LogP contribution in [0.1, 0.15) is 47.0 Å². The molecule has 9 nitrogen and oxygen atoms in total. The number of nitrogens with zero attached hydrogens (tertiary/aromatic N) is 1. The minimum Gasteiger partial charge on any atom is -0.496 e. The molecule has 1 fully saturated rings. The second-order valence-corrected chi connectivity index (χ2v) is 10.9. The van der Waals surface area contributed by atoms with Gasteiger partial charge in [-0.2, -0.15) is 0 Å². The number of methoxy groups -OCH3 is 1. The van der Waals surface area contributed by atoms with Crippen molar-refractivity contribution < 1.29 is 33.7 Å². The van der Waals surface area contributed by atoms with Crippen LogP contribution in [0.5, 0.6) is 5.75 Å². The number of cyclic esters (lactones) is 1. The van der Waals surface area contributed by atoms with Crippen LogP contribution in [0.2, 0.25) is 10.0 Å². The zero-order valence-electron chi connectivity index (χ0n) is 23.4. The summed E-state index contributed by atoms with van der Waals surface area (Å²) in [6, 6.07) is 18.3. The Kier molecular flexibility index (Phi) is 10.5. The van der Waals surface area contributed by atoms with Crippen LogP contribution < -0.4 is 10.1 Å². The SMILES string of the molecule is COc1ccc([C@@H](O)[C@H](OC(C)C)C(=O)N2C(=O)OC[C@@H]2Cc2ccccc2)cc1CNC(=O)c1ccc(Cl)cc1Cl. The highest BCUT2D eigenvalue weighted by atomic mass is 35.5. The number of ether oxygens (including phenoxy) is 3. The van der Waals surface area contributed by atoms with Gasteiger partial charge in [0.2, 0.25) is 0 Å². The second-order valence-electron chi connectivity index (χ2n) is 10.1. The molecule has 42 heavy (non-hydrogen) atoms. The van der Waals surface area contributed by atoms with E-state index in [1.165, 1.54) is 19.2 Å². The number of carbonyl (C=O) groups excluding carboxylic acids is 3. The van der Waals surface area contributed by atoms with E-state index in [4.69, 9.17) is 37.4 Å². The molecular weight excluding hydrogens is 583 g/mol. The molecule has 1 saturated heterocycles. The van der Waals surface area contributed by atoms with Gasteiger partial charge < -0.3 is 24.6 Å². The molecular formula is C31H32Cl2N2O7. The summed E-state index contributed by atoms with van der Waals surface area (Å²) in [4.78, 5) is 40.3. The van der Waals surface area contributed by atoms with E-state index in [1.807, 2.05) is 30.3 Å². The quantitative estimate of drug-likeness (QED) is 0.299. The molecule has 0 aliphatic carbocycles. The summed E-state index contributed by atoms with van der Waals surface area (Å²) in [5.41, 5.74) is 2.04. The van der Waals surface area contributed by atoms with Crippen LogP contribution in [0.15, 0.2) is 66.7 Å². The molecule has 3 amide bonds. The van der Waals surface area contributed by atoms with Crippen LogP contribution in [0.3, 0.4) is 0 Å². The van der Waals surface area contributed by atoms with Crippen LogP contribution in [0, 0.1) is 0 Å². The van der Waals surface area contributed by atoms with Gasteiger partial charge in [-0.05, 0) is 61.7 Å². The van der Waals surface area contributed by atoms with Gasteiger partial charge >= 0.3 is 6.09 Å². The van der Waals surface area contributed by atoms with Crippen LogP contribution in [0.4, 0.5) is 4.79 Å². The Balaban J connectivity index is 1.56. The maximum Gasteiger partial charge on any atom is 0.417 e. The van der Waals surface area contributed by atoms with Gasteiger partial charge in [0.15, 0.2) is 6.10 Å². The van der Waals surface area contributed by atoms with Gasteiger partial charge in [-0.25, -0.2) is 9.69 Å². The summed E-state index contributed by atoms with van der Waals surface area (Å²) in [6.07, 6.45) is -3.69. The van der Waals surface area contributed by atoms with Gasteiger partial charge in [0.25, 0.3) is 11.8 Å². The maximum absolute atomic E-state index is 13.8. The van der Waals surface area contributed by atoms with Crippen LogP contribution in [-0.4, -0.2) is 59.9 Å². The molecule has 2 N–H and O–H groups in total. The Hall–Kier alpha value is -3.63. The van der Waals surface area contributed by atoms with Crippen molar-refractivity contribution in [3.63, 3.8) is 0 Å². The number of halogens is 2. The standard InChI is InChI=1S/C31H32Cl2N2O7/c1-18(2)42-28(30(38)35-23(17-41-31(35)39)13-19-7-5-4-6-8-19)27(36)20-9-12-26(40-3)21(14-20)16-34-29(37)24-11-10-22(32)15-25(24)33/h4-12,14-15,18,23,27-28,36H,13,16-17H2,1-3H3,(H,34,37)/t23-,27+,28-/m0/s1. The van der Waals surface area contributed by atoms with E-state index in [-0.39, 0.29) is 23.7 Å². The van der Waals surface area contributed by atoms with Crippen molar-refractivity contribution in [2.24, 2.45) is 0 Å². The van der Waals surface area contributed by atoms with E-state index in [2.05, 4.69) is 5.32 Å². The first-order chi connectivity index (χ1) is 20.1. The van der Waals surface area contributed by atoms with E-state index >= 15 is 0 Å². The first-order valence-electron chi connectivity index (χ1n) is 13.4. The molecule has 1 aliphatic rings. The third-order valence-corrected chi connectivity index (χ3v) is 7.27. The minimum absolute atomic E-state index is 0.0305. The van der Waals surface area contributed by atoms with Crippen LogP contribution in [-0.2, 0) is 27.2 Å². The number of hydrogen-bond donors (Lipinski definition) is 2. The van der Waals surface area contributed by atoms with Gasteiger partial charge in [0.05, 0.1) is 29.8 Å². The summed E-state index contributed by atoms with van der Waals surface area (Å²) in [5.74, 6) is -0.687. The number of imide groups is 1. The van der Waals surface area contributed by atoms with Crippen molar-refractivity contribution in [2.75, 3.05) is 13.7 Å². The fourth-order valence-electron chi connectivity index (χ4n) is 4.70. The third-order valence-electron chi connectivity index (χ3n) is 6.72. The highest BCUT2D eigenvalue weighted by molar-refractivity contribution is 6.36. The lowest BCUT2D eigenvalue weighted by Gasteiger charge is -2.29. The van der Waals surface area contributed by atoms with Crippen molar-refractivity contribution in [1.29, 1.82) is 0 Å². The van der Waals surface area contributed by atoms with E-state index < -0.39 is 42.3 Å². The van der Waals surface area contributed by atoms with Gasteiger partial charge in [-0.1, -0.05) is 59.6 Å². The Bertz CT molecular complexity index is 1430. The van der Waals surface area contributed by atoms with E-state index in [1.54, 1.807) is 38.1 Å². The Morgan fingerprint density at radius 1 is 1.10 bits per heavy atom. The van der Waals surface area contributed by atoms with Crippen LogP contribution in [0.25, 0.3) is 0 Å². The molecule has 3 aromatic rings. The number of benzene rings is 3. The predicted octanol–water partition coefficient (Wildman–Crippen LogP) is 5.35. The van der Waals surface area contributed by atoms with Crippen molar-refractivity contribution in [3.05, 3.63) is 99.0 Å². The smallest absolute Gasteiger partial charge is 0.417 e. The summed E-state index contributed by atoms with van der Waals surface area (Å²) in [5, 5.41) is 14.8. The number of aliphatic hydroxyl groups excluding tert-OH is 1. The molecule has 0 spiro atoms. The predicted molar refractivity (Wildman–Crippen MR) is 158 cm³/mol. The lowest BCUT2D eigenvalue weighted by atomic mass is 9.99. The Labute approximate surface area is 254 Å². The highest BCUT2D eigenvalue weighted by Crippen LogP contribution is 2.30. The van der Waals surface area contributed by atoms with Gasteiger partial charge in [0.1, 0.15) is 18.5 Å². The molecule has 1 aliphatic heterocycles. The van der Waals surface area contributed by atoms with Gasteiger partial charge in [0, 0.05) is 17.1 Å². The number of amides is 3. The minimum atomic E-state index is -1.45. The normalized spacial score (nSPS) is 16.2. The van der Waals surface area contributed by atoms with Crippen LogP contribution >= 0.6 is 23.2 Å². The monoisotopic (exact) mass is 614 g/mol. The van der Waals surface area contributed by atoms with Crippen molar-refractivity contribution in [2.45, 2.75) is 51.2 Å². The second kappa shape index (κ2) is 14.0. The first-order valence-corrected chi connectivity index (χ1v) is 14.1. The third kappa shape index (κ3) is 7.41. The fraction of sp³-hybridized carbons (Fsp3) is 0.323. The number of nitrogens with one attached hydrogen (secondary N) is 1. The summed E-state index contributed by atoms with van der Waals surface area (Å²) in [6.45, 7) is 3.53. The lowest BCUT2D eigenvalue weighted by molar-refractivity contribution is -0.154. The number of rotatable bonds is 11. The molecule has 222 valence electrons. The zero-order valence-corrected chi connectivity index (χ0v) is 24.9. The lowest BCUT2D eigenvalue weighted by Crippen LogP contribution is -2.49. The average Bonchev–Trinajstić information content (AvgIpc) is 3.33. The molecule has 3 atom stereocenters.